The van der Waals surface area contributed by atoms with Crippen molar-refractivity contribution in [3.8, 4) is 16.9 Å². The summed E-state index contributed by atoms with van der Waals surface area (Å²) < 4.78 is 0. The number of hydrogen-bond donors (Lipinski definition) is 1. The molecule has 0 saturated carbocycles. The molecule has 0 aliphatic carbocycles. The first-order valence-corrected chi connectivity index (χ1v) is 5.84. The van der Waals surface area contributed by atoms with Crippen molar-refractivity contribution in [3.63, 3.8) is 0 Å². The number of fused-ring (bicyclic) bond motifs is 3. The zero-order valence-corrected chi connectivity index (χ0v) is 10.1. The molecule has 2 aromatic carbocycles. The van der Waals surface area contributed by atoms with E-state index in [1.807, 2.05) is 30.3 Å². The highest BCUT2D eigenvalue weighted by molar-refractivity contribution is 6.02. The highest BCUT2D eigenvalue weighted by Gasteiger charge is 2.22. The molecule has 3 heteroatoms. The van der Waals surface area contributed by atoms with Crippen LogP contribution in [-0.4, -0.2) is 18.1 Å². The van der Waals surface area contributed by atoms with Crippen molar-refractivity contribution in [2.24, 2.45) is 0 Å². The van der Waals surface area contributed by atoms with Gasteiger partial charge in [0.15, 0.2) is 0 Å². The Morgan fingerprint density at radius 3 is 2.72 bits per heavy atom. The van der Waals surface area contributed by atoms with Crippen LogP contribution in [0, 0.1) is 0 Å². The van der Waals surface area contributed by atoms with Gasteiger partial charge in [0.1, 0.15) is 5.75 Å². The van der Waals surface area contributed by atoms with Crippen molar-refractivity contribution in [2.75, 3.05) is 11.9 Å². The van der Waals surface area contributed by atoms with Crippen molar-refractivity contribution in [1.29, 1.82) is 0 Å². The molecule has 0 atom stereocenters. The first kappa shape index (κ1) is 10.8. The van der Waals surface area contributed by atoms with Crippen LogP contribution in [0.25, 0.3) is 11.1 Å². The van der Waals surface area contributed by atoms with Crippen molar-refractivity contribution >= 4 is 11.6 Å². The summed E-state index contributed by atoms with van der Waals surface area (Å²) in [6.07, 6.45) is 0.362. The van der Waals surface area contributed by atoms with E-state index in [0.29, 0.717) is 6.42 Å². The Morgan fingerprint density at radius 2 is 1.89 bits per heavy atom. The van der Waals surface area contributed by atoms with E-state index in [4.69, 9.17) is 0 Å². The number of likely N-dealkylation sites (N-methyl/N-ethyl adjacent to an activating group) is 1. The quantitative estimate of drug-likeness (QED) is 0.767. The second-order valence-corrected chi connectivity index (χ2v) is 4.49. The summed E-state index contributed by atoms with van der Waals surface area (Å²) in [5, 5.41) is 9.64. The summed E-state index contributed by atoms with van der Waals surface area (Å²) in [6.45, 7) is 0. The average Bonchev–Trinajstić information content (AvgIpc) is 2.48. The Morgan fingerprint density at radius 1 is 1.11 bits per heavy atom. The number of benzene rings is 2. The molecule has 0 fully saturated rings. The van der Waals surface area contributed by atoms with Crippen LogP contribution in [0.4, 0.5) is 5.69 Å². The lowest BCUT2D eigenvalue weighted by molar-refractivity contribution is -0.117. The number of anilines is 1. The van der Waals surface area contributed by atoms with Gasteiger partial charge in [0.2, 0.25) is 5.91 Å². The largest absolute Gasteiger partial charge is 0.508 e. The molecule has 3 rings (SSSR count). The zero-order chi connectivity index (χ0) is 12.7. The summed E-state index contributed by atoms with van der Waals surface area (Å²) in [7, 11) is 1.78. The number of amides is 1. The van der Waals surface area contributed by atoms with Gasteiger partial charge in [0.25, 0.3) is 0 Å². The van der Waals surface area contributed by atoms with Gasteiger partial charge in [0, 0.05) is 12.6 Å². The number of nitrogens with zero attached hydrogens (tertiary/aromatic N) is 1. The molecule has 3 nitrogen and oxygen atoms in total. The van der Waals surface area contributed by atoms with Crippen molar-refractivity contribution in [1.82, 2.24) is 0 Å². The van der Waals surface area contributed by atoms with E-state index >= 15 is 0 Å². The normalized spacial score (nSPS) is 13.8. The Hall–Kier alpha value is -2.29. The number of phenolic OH excluding ortho intramolecular Hbond substituents is 1. The molecular formula is C15H13NO2. The lowest BCUT2D eigenvalue weighted by Crippen LogP contribution is -2.26. The summed E-state index contributed by atoms with van der Waals surface area (Å²) in [6, 6.07) is 12.9. The molecule has 1 aliphatic rings. The summed E-state index contributed by atoms with van der Waals surface area (Å²) >= 11 is 0. The van der Waals surface area contributed by atoms with Crippen LogP contribution in [0.2, 0.25) is 0 Å². The predicted octanol–water partition coefficient (Wildman–Crippen LogP) is 2.58. The number of aromatic hydroxyl groups is 1. The monoisotopic (exact) mass is 239 g/mol. The van der Waals surface area contributed by atoms with E-state index in [1.54, 1.807) is 24.1 Å². The van der Waals surface area contributed by atoms with Crippen LogP contribution in [0.1, 0.15) is 5.56 Å². The molecule has 1 heterocycles. The summed E-state index contributed by atoms with van der Waals surface area (Å²) in [5.41, 5.74) is 3.75. The third-order valence-electron chi connectivity index (χ3n) is 3.36. The van der Waals surface area contributed by atoms with Gasteiger partial charge in [-0.1, -0.05) is 24.3 Å². The topological polar surface area (TPSA) is 40.5 Å². The molecule has 1 amide bonds. The molecule has 0 saturated heterocycles. The van der Waals surface area contributed by atoms with Crippen LogP contribution in [0.5, 0.6) is 5.75 Å². The first-order chi connectivity index (χ1) is 8.66. The first-order valence-electron chi connectivity index (χ1n) is 5.84. The fourth-order valence-electron chi connectivity index (χ4n) is 2.38. The third-order valence-corrected chi connectivity index (χ3v) is 3.36. The van der Waals surface area contributed by atoms with E-state index in [0.717, 1.165) is 22.4 Å². The van der Waals surface area contributed by atoms with E-state index in [2.05, 4.69) is 0 Å². The minimum Gasteiger partial charge on any atom is -0.508 e. The van der Waals surface area contributed by atoms with Gasteiger partial charge >= 0.3 is 0 Å². The van der Waals surface area contributed by atoms with Crippen molar-refractivity contribution in [2.45, 2.75) is 6.42 Å². The molecule has 0 aromatic heterocycles. The molecule has 0 radical (unpaired) electrons. The lowest BCUT2D eigenvalue weighted by atomic mass is 9.97. The molecule has 0 spiro atoms. The Labute approximate surface area is 105 Å². The molecule has 1 N–H and O–H groups in total. The molecule has 0 unspecified atom stereocenters. The van der Waals surface area contributed by atoms with Crippen LogP contribution >= 0.6 is 0 Å². The maximum atomic E-state index is 12.1. The molecule has 90 valence electrons. The fourth-order valence-corrected chi connectivity index (χ4v) is 2.38. The zero-order valence-electron chi connectivity index (χ0n) is 10.1. The second-order valence-electron chi connectivity index (χ2n) is 4.49. The number of hydrogen-bond acceptors (Lipinski definition) is 2. The smallest absolute Gasteiger partial charge is 0.231 e. The van der Waals surface area contributed by atoms with Crippen LogP contribution in [-0.2, 0) is 11.2 Å². The van der Waals surface area contributed by atoms with E-state index in [-0.39, 0.29) is 11.7 Å². The highest BCUT2D eigenvalue weighted by atomic mass is 16.3. The highest BCUT2D eigenvalue weighted by Crippen LogP contribution is 2.37. The molecule has 2 aromatic rings. The number of rotatable bonds is 0. The summed E-state index contributed by atoms with van der Waals surface area (Å²) in [5.74, 6) is 0.285. The fraction of sp³-hybridized carbons (Fsp3) is 0.133. The predicted molar refractivity (Wildman–Crippen MR) is 70.7 cm³/mol. The number of carbonyl (C=O) groups excluding carboxylic acids is 1. The number of carbonyl (C=O) groups is 1. The van der Waals surface area contributed by atoms with Gasteiger partial charge in [-0.05, 0) is 29.3 Å². The lowest BCUT2D eigenvalue weighted by Gasteiger charge is -2.17. The Kier molecular flexibility index (Phi) is 2.33. The number of phenols is 1. The molecule has 0 bridgehead atoms. The third kappa shape index (κ3) is 1.56. The van der Waals surface area contributed by atoms with E-state index in [1.165, 1.54) is 0 Å². The Bertz CT molecular complexity index is 634. The van der Waals surface area contributed by atoms with Crippen LogP contribution < -0.4 is 4.90 Å². The maximum Gasteiger partial charge on any atom is 0.231 e. The van der Waals surface area contributed by atoms with Gasteiger partial charge in [-0.2, -0.15) is 0 Å². The van der Waals surface area contributed by atoms with Crippen molar-refractivity contribution in [3.05, 3.63) is 48.0 Å². The van der Waals surface area contributed by atoms with Gasteiger partial charge in [0.05, 0.1) is 12.1 Å². The minimum absolute atomic E-state index is 0.0619. The Balaban J connectivity index is 2.33. The van der Waals surface area contributed by atoms with Gasteiger partial charge in [-0.3, -0.25) is 4.79 Å². The van der Waals surface area contributed by atoms with Crippen LogP contribution in [0.15, 0.2) is 42.5 Å². The van der Waals surface area contributed by atoms with Crippen molar-refractivity contribution < 1.29 is 9.90 Å². The molecule has 1 aliphatic heterocycles. The standard InChI is InChI=1S/C15H13NO2/c1-16-14-5-3-2-4-12(14)13-9-11(17)7-6-10(13)8-15(16)18/h2-7,9,17H,8H2,1H3. The maximum absolute atomic E-state index is 12.1. The second kappa shape index (κ2) is 3.88. The van der Waals surface area contributed by atoms with Gasteiger partial charge in [-0.15, -0.1) is 0 Å². The van der Waals surface area contributed by atoms with Crippen LogP contribution in [0.3, 0.4) is 0 Å². The van der Waals surface area contributed by atoms with Gasteiger partial charge < -0.3 is 10.0 Å². The van der Waals surface area contributed by atoms with E-state index < -0.39 is 0 Å². The summed E-state index contributed by atoms with van der Waals surface area (Å²) in [4.78, 5) is 13.8. The SMILES string of the molecule is CN1C(=O)Cc2ccc(O)cc2-c2ccccc21. The minimum atomic E-state index is 0.0619. The molecular weight excluding hydrogens is 226 g/mol. The van der Waals surface area contributed by atoms with E-state index in [9.17, 15) is 9.90 Å². The molecule has 18 heavy (non-hydrogen) atoms. The average molecular weight is 239 g/mol. The number of para-hydroxylation sites is 1. The van der Waals surface area contributed by atoms with Gasteiger partial charge in [-0.25, -0.2) is 0 Å².